The Hall–Kier alpha value is -2.81. The van der Waals surface area contributed by atoms with Crippen LogP contribution in [0.25, 0.3) is 10.9 Å². The average Bonchev–Trinajstić information content (AvgIpc) is 3.44. The van der Waals surface area contributed by atoms with E-state index in [4.69, 9.17) is 19.2 Å². The molecule has 4 heterocycles. The quantitative estimate of drug-likeness (QED) is 0.287. The average molecular weight is 552 g/mol. The Bertz CT molecular complexity index is 1190. The molecule has 3 aromatic rings. The Morgan fingerprint density at radius 3 is 2.81 bits per heavy atom. The molecule has 2 aliphatic heterocycles. The third-order valence-electron chi connectivity index (χ3n) is 5.36. The molecule has 1 amide bonds. The van der Waals surface area contributed by atoms with E-state index in [0.717, 1.165) is 38.1 Å². The van der Waals surface area contributed by atoms with Crippen LogP contribution in [0.2, 0.25) is 0 Å². The van der Waals surface area contributed by atoms with Crippen LogP contribution in [0.4, 0.5) is 5.69 Å². The summed E-state index contributed by atoms with van der Waals surface area (Å²) < 4.78 is 19.5. The number of anilines is 1. The number of aromatic nitrogens is 2. The Kier molecular flexibility index (Phi) is 11.7. The highest BCUT2D eigenvalue weighted by Crippen LogP contribution is 2.35. The van der Waals surface area contributed by atoms with Gasteiger partial charge < -0.3 is 34.9 Å². The lowest BCUT2D eigenvalue weighted by Gasteiger charge is -2.31. The Morgan fingerprint density at radius 1 is 1.27 bits per heavy atom. The molecule has 1 unspecified atom stereocenters. The molecule has 1 saturated heterocycles. The van der Waals surface area contributed by atoms with Crippen molar-refractivity contribution in [3.63, 3.8) is 0 Å². The summed E-state index contributed by atoms with van der Waals surface area (Å²) in [5, 5.41) is 2.93. The summed E-state index contributed by atoms with van der Waals surface area (Å²) in [4.78, 5) is 26.6. The number of aliphatic imine (C=N–C) groups is 1. The van der Waals surface area contributed by atoms with Gasteiger partial charge in [-0.3, -0.25) is 14.7 Å². The lowest BCUT2D eigenvalue weighted by Crippen LogP contribution is -2.45. The highest BCUT2D eigenvalue weighted by molar-refractivity contribution is 8.15. The maximum Gasteiger partial charge on any atom is 0.227 e. The van der Waals surface area contributed by atoms with Gasteiger partial charge in [-0.1, -0.05) is 25.3 Å². The van der Waals surface area contributed by atoms with Crippen LogP contribution in [0.1, 0.15) is 19.5 Å². The highest BCUT2D eigenvalue weighted by atomic mass is 32.2. The molecule has 37 heavy (non-hydrogen) atoms. The molecule has 1 atom stereocenters. The molecule has 0 bridgehead atoms. The molecule has 6 N–H and O–H groups in total. The summed E-state index contributed by atoms with van der Waals surface area (Å²) in [6, 6.07) is 11.8. The van der Waals surface area contributed by atoms with Crippen molar-refractivity contribution in [2.24, 2.45) is 4.99 Å². The summed E-state index contributed by atoms with van der Waals surface area (Å²) in [6.45, 7) is 2.40. The number of hydrogen-bond acceptors (Lipinski definition) is 9. The molecule has 13 heteroatoms. The number of benzene rings is 1. The SMILES string of the molecule is C.COCCOc1cc(NSc2ccccn2)c2[nH]c(C3=NCC(CC(=O)N4COC4)S3)cc2c1.O.O. The number of aromatic amines is 1. The minimum atomic E-state index is 0. The maximum absolute atomic E-state index is 12.3. The van der Waals surface area contributed by atoms with Crippen molar-refractivity contribution in [2.75, 3.05) is 45.1 Å². The number of carbonyl (C=O) groups excluding carboxylic acids is 1. The minimum absolute atomic E-state index is 0. The van der Waals surface area contributed by atoms with Crippen LogP contribution in [0.15, 0.2) is 52.6 Å². The molecular weight excluding hydrogens is 518 g/mol. The van der Waals surface area contributed by atoms with Crippen molar-refractivity contribution >= 4 is 51.3 Å². The summed E-state index contributed by atoms with van der Waals surface area (Å²) in [6.07, 6.45) is 2.23. The number of pyridine rings is 1. The zero-order chi connectivity index (χ0) is 23.3. The van der Waals surface area contributed by atoms with Gasteiger partial charge in [0.15, 0.2) is 0 Å². The first-order valence-corrected chi connectivity index (χ1v) is 12.6. The van der Waals surface area contributed by atoms with E-state index in [9.17, 15) is 4.79 Å². The van der Waals surface area contributed by atoms with E-state index in [-0.39, 0.29) is 29.5 Å². The minimum Gasteiger partial charge on any atom is -0.491 e. The normalized spacial score (nSPS) is 16.1. The van der Waals surface area contributed by atoms with Crippen LogP contribution in [0.5, 0.6) is 5.75 Å². The second kappa shape index (κ2) is 14.2. The van der Waals surface area contributed by atoms with Crippen LogP contribution in [-0.4, -0.2) is 82.4 Å². The first kappa shape index (κ1) is 30.4. The van der Waals surface area contributed by atoms with Gasteiger partial charge in [0.05, 0.1) is 30.0 Å². The van der Waals surface area contributed by atoms with E-state index in [1.807, 2.05) is 30.3 Å². The van der Waals surface area contributed by atoms with Crippen LogP contribution in [0, 0.1) is 0 Å². The van der Waals surface area contributed by atoms with Crippen LogP contribution in [-0.2, 0) is 14.3 Å². The van der Waals surface area contributed by atoms with Crippen molar-refractivity contribution in [1.29, 1.82) is 0 Å². The van der Waals surface area contributed by atoms with E-state index in [0.29, 0.717) is 39.6 Å². The first-order valence-electron chi connectivity index (χ1n) is 10.9. The number of H-pyrrole nitrogens is 1. The number of amides is 1. The molecule has 1 fully saturated rings. The van der Waals surface area contributed by atoms with Gasteiger partial charge in [0.2, 0.25) is 5.91 Å². The molecule has 5 rings (SSSR count). The van der Waals surface area contributed by atoms with Crippen molar-refractivity contribution in [3.8, 4) is 5.75 Å². The van der Waals surface area contributed by atoms with Crippen molar-refractivity contribution < 1.29 is 30.0 Å². The number of hydrogen-bond donors (Lipinski definition) is 2. The lowest BCUT2D eigenvalue weighted by atomic mass is 10.2. The zero-order valence-electron chi connectivity index (χ0n) is 19.7. The molecule has 0 spiro atoms. The summed E-state index contributed by atoms with van der Waals surface area (Å²) in [7, 11) is 1.65. The molecule has 0 aliphatic carbocycles. The highest BCUT2D eigenvalue weighted by Gasteiger charge is 2.28. The topological polar surface area (TPSA) is 164 Å². The lowest BCUT2D eigenvalue weighted by molar-refractivity contribution is -0.175. The fourth-order valence-corrected chi connectivity index (χ4v) is 5.29. The number of methoxy groups -OCH3 is 1. The van der Waals surface area contributed by atoms with Gasteiger partial charge in [0, 0.05) is 48.4 Å². The van der Waals surface area contributed by atoms with Gasteiger partial charge in [-0.15, -0.1) is 0 Å². The van der Waals surface area contributed by atoms with Crippen LogP contribution < -0.4 is 9.46 Å². The predicted octanol–water partition coefficient (Wildman–Crippen LogP) is 2.72. The number of nitrogens with one attached hydrogen (secondary N) is 2. The summed E-state index contributed by atoms with van der Waals surface area (Å²) in [5.41, 5.74) is 2.78. The van der Waals surface area contributed by atoms with E-state index >= 15 is 0 Å². The van der Waals surface area contributed by atoms with Gasteiger partial charge >= 0.3 is 0 Å². The van der Waals surface area contributed by atoms with Gasteiger partial charge in [-0.2, -0.15) is 0 Å². The Morgan fingerprint density at radius 2 is 2.11 bits per heavy atom. The smallest absolute Gasteiger partial charge is 0.227 e. The number of thioether (sulfide) groups is 1. The fraction of sp³-hybridized carbons (Fsp3) is 0.375. The summed E-state index contributed by atoms with van der Waals surface area (Å²) >= 11 is 3.08. The van der Waals surface area contributed by atoms with Crippen LogP contribution in [0.3, 0.4) is 0 Å². The first-order chi connectivity index (χ1) is 16.7. The molecule has 2 aromatic heterocycles. The monoisotopic (exact) mass is 551 g/mol. The van der Waals surface area contributed by atoms with E-state index < -0.39 is 0 Å². The van der Waals surface area contributed by atoms with Crippen molar-refractivity contribution in [1.82, 2.24) is 14.9 Å². The maximum atomic E-state index is 12.3. The number of carbonyl (C=O) groups is 1. The largest absolute Gasteiger partial charge is 0.491 e. The molecule has 202 valence electrons. The van der Waals surface area contributed by atoms with E-state index in [2.05, 4.69) is 20.8 Å². The standard InChI is InChI=1S/C23H25N5O4S2.CH4.2H2O/c1-30-6-7-32-16-8-15-9-19(23-25-12-17(33-23)11-21(29)28-13-31-14-28)26-22(15)18(10-16)27-34-20-4-2-3-5-24-20;;;/h2-5,8-10,17,26-27H,6-7,11-14H2,1H3;1H4;2*1H2. The van der Waals surface area contributed by atoms with E-state index in [1.54, 1.807) is 30.0 Å². The molecule has 0 radical (unpaired) electrons. The van der Waals surface area contributed by atoms with Gasteiger partial charge in [0.1, 0.15) is 35.9 Å². The van der Waals surface area contributed by atoms with Crippen molar-refractivity contribution in [2.45, 2.75) is 24.1 Å². The molecule has 2 aliphatic rings. The van der Waals surface area contributed by atoms with Crippen LogP contribution >= 0.6 is 23.7 Å². The Labute approximate surface area is 224 Å². The predicted molar refractivity (Wildman–Crippen MR) is 148 cm³/mol. The molecular formula is C24H33N5O6S2. The zero-order valence-corrected chi connectivity index (χ0v) is 21.3. The number of fused-ring (bicyclic) bond motifs is 1. The van der Waals surface area contributed by atoms with Crippen molar-refractivity contribution in [3.05, 3.63) is 48.3 Å². The second-order valence-corrected chi connectivity index (χ2v) is 9.93. The molecule has 0 saturated carbocycles. The second-order valence-electron chi connectivity index (χ2n) is 7.82. The molecule has 1 aromatic carbocycles. The third-order valence-corrected chi connectivity index (χ3v) is 7.35. The summed E-state index contributed by atoms with van der Waals surface area (Å²) in [5.74, 6) is 0.869. The van der Waals surface area contributed by atoms with Gasteiger partial charge in [-0.05, 0) is 24.3 Å². The Balaban J connectivity index is 0.00000160. The number of ether oxygens (including phenoxy) is 3. The third kappa shape index (κ3) is 7.37. The fourth-order valence-electron chi connectivity index (χ4n) is 3.58. The molecule has 11 nitrogen and oxygen atoms in total. The van der Waals surface area contributed by atoms with Gasteiger partial charge in [-0.25, -0.2) is 4.98 Å². The number of rotatable bonds is 10. The van der Waals surface area contributed by atoms with E-state index in [1.165, 1.54) is 11.9 Å². The van der Waals surface area contributed by atoms with Gasteiger partial charge in [0.25, 0.3) is 0 Å². The number of nitrogens with zero attached hydrogens (tertiary/aromatic N) is 3.